The van der Waals surface area contributed by atoms with Gasteiger partial charge in [0.2, 0.25) is 0 Å². The summed E-state index contributed by atoms with van der Waals surface area (Å²) in [5.74, 6) is 1.42. The Morgan fingerprint density at radius 1 is 1.30 bits per heavy atom. The molecular formula is C15H20ClN3S. The van der Waals surface area contributed by atoms with Crippen LogP contribution in [-0.2, 0) is 5.88 Å². The van der Waals surface area contributed by atoms with E-state index >= 15 is 0 Å². The van der Waals surface area contributed by atoms with Crippen molar-refractivity contribution in [1.29, 1.82) is 0 Å². The molecule has 1 saturated carbocycles. The van der Waals surface area contributed by atoms with Crippen molar-refractivity contribution in [3.8, 4) is 0 Å². The van der Waals surface area contributed by atoms with Crippen LogP contribution in [0.4, 0.5) is 0 Å². The Labute approximate surface area is 129 Å². The van der Waals surface area contributed by atoms with Crippen LogP contribution >= 0.6 is 23.4 Å². The Kier molecular flexibility index (Phi) is 4.22. The summed E-state index contributed by atoms with van der Waals surface area (Å²) in [6.07, 6.45) is 7.31. The van der Waals surface area contributed by atoms with Gasteiger partial charge < -0.3 is 4.57 Å². The molecule has 1 fully saturated rings. The fraction of sp³-hybridized carbons (Fsp3) is 0.600. The number of thioether (sulfide) groups is 1. The molecule has 2 atom stereocenters. The minimum absolute atomic E-state index is 0.451. The first kappa shape index (κ1) is 14.2. The van der Waals surface area contributed by atoms with E-state index in [1.54, 1.807) is 0 Å². The normalized spacial score (nSPS) is 23.4. The standard InChI is InChI=1S/C15H20ClN3S/c1-10-7-8-11-15(17-10)19(14(9-16)18-11)12-5-3-4-6-13(12)20-2/h7-8,12-13H,3-6,9H2,1-2H3. The highest BCUT2D eigenvalue weighted by Crippen LogP contribution is 2.38. The summed E-state index contributed by atoms with van der Waals surface area (Å²) in [5, 5.41) is 0.644. The second-order valence-electron chi connectivity index (χ2n) is 5.45. The van der Waals surface area contributed by atoms with Crippen LogP contribution in [0.2, 0.25) is 0 Å². The van der Waals surface area contributed by atoms with Crippen molar-refractivity contribution in [3.05, 3.63) is 23.7 Å². The lowest BCUT2D eigenvalue weighted by atomic mass is 9.94. The fourth-order valence-corrected chi connectivity index (χ4v) is 4.37. The summed E-state index contributed by atoms with van der Waals surface area (Å²) in [5.41, 5.74) is 3.01. The van der Waals surface area contributed by atoms with Gasteiger partial charge in [-0.1, -0.05) is 12.8 Å². The van der Waals surface area contributed by atoms with Crippen LogP contribution in [-0.4, -0.2) is 26.0 Å². The zero-order valence-corrected chi connectivity index (χ0v) is 13.5. The van der Waals surface area contributed by atoms with Crippen molar-refractivity contribution in [2.45, 2.75) is 49.8 Å². The van der Waals surface area contributed by atoms with E-state index in [1.807, 2.05) is 24.8 Å². The number of aromatic nitrogens is 3. The molecule has 20 heavy (non-hydrogen) atoms. The van der Waals surface area contributed by atoms with Crippen LogP contribution in [0.25, 0.3) is 11.2 Å². The monoisotopic (exact) mass is 309 g/mol. The number of hydrogen-bond acceptors (Lipinski definition) is 3. The third-order valence-electron chi connectivity index (χ3n) is 4.17. The molecule has 1 aliphatic carbocycles. The summed E-state index contributed by atoms with van der Waals surface area (Å²) < 4.78 is 2.32. The Morgan fingerprint density at radius 3 is 2.85 bits per heavy atom. The molecule has 1 aliphatic rings. The highest BCUT2D eigenvalue weighted by atomic mass is 35.5. The highest BCUT2D eigenvalue weighted by molar-refractivity contribution is 7.99. The average Bonchev–Trinajstić information content (AvgIpc) is 2.84. The third kappa shape index (κ3) is 2.44. The van der Waals surface area contributed by atoms with Crippen molar-refractivity contribution in [2.24, 2.45) is 0 Å². The maximum Gasteiger partial charge on any atom is 0.160 e. The second-order valence-corrected chi connectivity index (χ2v) is 6.80. The van der Waals surface area contributed by atoms with Gasteiger partial charge in [-0.2, -0.15) is 11.8 Å². The van der Waals surface area contributed by atoms with Gasteiger partial charge in [0.25, 0.3) is 0 Å². The quantitative estimate of drug-likeness (QED) is 0.791. The van der Waals surface area contributed by atoms with Crippen LogP contribution in [0.15, 0.2) is 12.1 Å². The number of pyridine rings is 1. The molecule has 3 nitrogen and oxygen atoms in total. The van der Waals surface area contributed by atoms with Gasteiger partial charge in [0.05, 0.1) is 5.88 Å². The molecule has 3 rings (SSSR count). The van der Waals surface area contributed by atoms with Gasteiger partial charge in [-0.25, -0.2) is 9.97 Å². The van der Waals surface area contributed by atoms with Gasteiger partial charge in [0.15, 0.2) is 5.65 Å². The zero-order chi connectivity index (χ0) is 14.1. The van der Waals surface area contributed by atoms with Gasteiger partial charge in [-0.3, -0.25) is 0 Å². The SMILES string of the molecule is CSC1CCCCC1n1c(CCl)nc2ccc(C)nc21. The number of fused-ring (bicyclic) bond motifs is 1. The van der Waals surface area contributed by atoms with E-state index in [2.05, 4.69) is 21.9 Å². The van der Waals surface area contributed by atoms with Crippen molar-refractivity contribution in [2.75, 3.05) is 6.26 Å². The molecule has 108 valence electrons. The maximum absolute atomic E-state index is 6.14. The fourth-order valence-electron chi connectivity index (χ4n) is 3.21. The topological polar surface area (TPSA) is 30.7 Å². The lowest BCUT2D eigenvalue weighted by Crippen LogP contribution is -2.26. The van der Waals surface area contributed by atoms with E-state index in [-0.39, 0.29) is 0 Å². The number of aryl methyl sites for hydroxylation is 1. The molecule has 0 amide bonds. The molecule has 0 bridgehead atoms. The number of hydrogen-bond donors (Lipinski definition) is 0. The lowest BCUT2D eigenvalue weighted by Gasteiger charge is -2.32. The second kappa shape index (κ2) is 5.94. The Balaban J connectivity index is 2.14. The Morgan fingerprint density at radius 2 is 2.10 bits per heavy atom. The summed E-state index contributed by atoms with van der Waals surface area (Å²) in [6, 6.07) is 4.55. The smallest absolute Gasteiger partial charge is 0.160 e. The van der Waals surface area contributed by atoms with Crippen LogP contribution in [0.1, 0.15) is 43.2 Å². The van der Waals surface area contributed by atoms with E-state index in [9.17, 15) is 0 Å². The van der Waals surface area contributed by atoms with Crippen molar-refractivity contribution in [3.63, 3.8) is 0 Å². The van der Waals surface area contributed by atoms with Crippen LogP contribution in [0.3, 0.4) is 0 Å². The highest BCUT2D eigenvalue weighted by Gasteiger charge is 2.29. The first-order valence-electron chi connectivity index (χ1n) is 7.18. The molecule has 0 saturated heterocycles. The van der Waals surface area contributed by atoms with Gasteiger partial charge in [-0.15, -0.1) is 11.6 Å². The predicted molar refractivity (Wildman–Crippen MR) is 86.6 cm³/mol. The molecule has 0 aromatic carbocycles. The van der Waals surface area contributed by atoms with E-state index in [4.69, 9.17) is 16.6 Å². The van der Waals surface area contributed by atoms with Gasteiger partial charge in [0, 0.05) is 17.0 Å². The first-order valence-corrected chi connectivity index (χ1v) is 9.00. The van der Waals surface area contributed by atoms with E-state index in [1.165, 1.54) is 25.7 Å². The molecule has 2 unspecified atom stereocenters. The molecule has 0 N–H and O–H groups in total. The Hall–Kier alpha value is -0.740. The summed E-state index contributed by atoms with van der Waals surface area (Å²) in [6.45, 7) is 2.03. The molecular weight excluding hydrogens is 290 g/mol. The molecule has 2 heterocycles. The number of imidazole rings is 1. The number of rotatable bonds is 3. The maximum atomic E-state index is 6.14. The average molecular weight is 310 g/mol. The van der Waals surface area contributed by atoms with Crippen LogP contribution in [0.5, 0.6) is 0 Å². The number of alkyl halides is 1. The largest absolute Gasteiger partial charge is 0.307 e. The van der Waals surface area contributed by atoms with E-state index in [0.717, 1.165) is 22.7 Å². The van der Waals surface area contributed by atoms with Crippen LogP contribution < -0.4 is 0 Å². The number of nitrogens with zero attached hydrogens (tertiary/aromatic N) is 3. The number of halogens is 1. The molecule has 0 spiro atoms. The Bertz CT molecular complexity index is 610. The molecule has 0 radical (unpaired) electrons. The minimum atomic E-state index is 0.451. The molecule has 2 aromatic heterocycles. The van der Waals surface area contributed by atoms with Gasteiger partial charge in [0.1, 0.15) is 11.3 Å². The first-order chi connectivity index (χ1) is 9.74. The predicted octanol–water partition coefficient (Wildman–Crippen LogP) is 4.33. The van der Waals surface area contributed by atoms with Crippen LogP contribution in [0, 0.1) is 6.92 Å². The molecule has 0 aliphatic heterocycles. The minimum Gasteiger partial charge on any atom is -0.307 e. The lowest BCUT2D eigenvalue weighted by molar-refractivity contribution is 0.364. The van der Waals surface area contributed by atoms with E-state index < -0.39 is 0 Å². The van der Waals surface area contributed by atoms with Gasteiger partial charge >= 0.3 is 0 Å². The van der Waals surface area contributed by atoms with Gasteiger partial charge in [-0.05, 0) is 38.2 Å². The summed E-state index contributed by atoms with van der Waals surface area (Å²) in [4.78, 5) is 9.40. The van der Waals surface area contributed by atoms with E-state index in [0.29, 0.717) is 17.2 Å². The van der Waals surface area contributed by atoms with Crippen molar-refractivity contribution >= 4 is 34.5 Å². The zero-order valence-electron chi connectivity index (χ0n) is 12.0. The van der Waals surface area contributed by atoms with Crippen molar-refractivity contribution < 1.29 is 0 Å². The van der Waals surface area contributed by atoms with Crippen molar-refractivity contribution in [1.82, 2.24) is 14.5 Å². The summed E-state index contributed by atoms with van der Waals surface area (Å²) in [7, 11) is 0. The molecule has 5 heteroatoms. The molecule has 2 aromatic rings. The summed E-state index contributed by atoms with van der Waals surface area (Å²) >= 11 is 8.10. The third-order valence-corrected chi connectivity index (χ3v) is 5.57.